The summed E-state index contributed by atoms with van der Waals surface area (Å²) >= 11 is 0. The first-order chi connectivity index (χ1) is 5.36. The normalized spacial score (nSPS) is 9.09. The summed E-state index contributed by atoms with van der Waals surface area (Å²) in [6.07, 6.45) is 0. The van der Waals surface area contributed by atoms with E-state index in [9.17, 15) is 0 Å². The number of rotatable bonds is 2. The summed E-state index contributed by atoms with van der Waals surface area (Å²) in [6.45, 7) is 0.572. The van der Waals surface area contributed by atoms with Gasteiger partial charge in [-0.05, 0) is 17.7 Å². The molecule has 1 radical (unpaired) electrons. The summed E-state index contributed by atoms with van der Waals surface area (Å²) in [7, 11) is 1.64. The van der Waals surface area contributed by atoms with E-state index in [-0.39, 0.29) is 0 Å². The summed E-state index contributed by atoms with van der Waals surface area (Å²) in [5, 5.41) is 8.45. The maximum absolute atomic E-state index is 8.45. The van der Waals surface area contributed by atoms with Crippen molar-refractivity contribution in [2.75, 3.05) is 7.11 Å². The number of nitrogens with zero attached hydrogens (tertiary/aromatic N) is 1. The number of hydrogen-bond donors (Lipinski definition) is 0. The quantitative estimate of drug-likeness (QED) is 0.633. The lowest BCUT2D eigenvalue weighted by atomic mass is 10.2. The maximum atomic E-state index is 8.45. The van der Waals surface area contributed by atoms with Crippen molar-refractivity contribution in [1.29, 1.82) is 5.26 Å². The molecule has 2 heteroatoms. The molecule has 0 unspecified atom stereocenters. The van der Waals surface area contributed by atoms with Gasteiger partial charge >= 0.3 is 0 Å². The Morgan fingerprint density at radius 1 is 1.64 bits per heavy atom. The van der Waals surface area contributed by atoms with E-state index >= 15 is 0 Å². The van der Waals surface area contributed by atoms with Crippen molar-refractivity contribution in [3.05, 3.63) is 35.4 Å². The highest BCUT2D eigenvalue weighted by Gasteiger charge is 1.91. The molecule has 0 aromatic heterocycles. The van der Waals surface area contributed by atoms with Gasteiger partial charge in [0, 0.05) is 13.2 Å². The van der Waals surface area contributed by atoms with Gasteiger partial charge in [0.2, 0.25) is 0 Å². The molecule has 0 atom stereocenters. The van der Waals surface area contributed by atoms with Crippen LogP contribution in [0.1, 0.15) is 11.1 Å². The number of nitriles is 1. The van der Waals surface area contributed by atoms with Crippen LogP contribution in [0.4, 0.5) is 0 Å². The Labute approximate surface area is 66.0 Å². The van der Waals surface area contributed by atoms with Gasteiger partial charge in [0.05, 0.1) is 18.2 Å². The van der Waals surface area contributed by atoms with Crippen LogP contribution >= 0.6 is 0 Å². The Balaban J connectivity index is 2.76. The van der Waals surface area contributed by atoms with Gasteiger partial charge < -0.3 is 4.74 Å². The molecule has 55 valence electrons. The topological polar surface area (TPSA) is 33.0 Å². The van der Waals surface area contributed by atoms with Crippen molar-refractivity contribution in [2.45, 2.75) is 6.61 Å². The predicted octanol–water partition coefficient (Wildman–Crippen LogP) is 1.50. The van der Waals surface area contributed by atoms with E-state index in [0.717, 1.165) is 5.56 Å². The van der Waals surface area contributed by atoms with Crippen LogP contribution in [0.5, 0.6) is 0 Å². The van der Waals surface area contributed by atoms with Crippen molar-refractivity contribution in [3.8, 4) is 6.07 Å². The summed E-state index contributed by atoms with van der Waals surface area (Å²) in [5.74, 6) is 0. The molecule has 2 nitrogen and oxygen atoms in total. The molecule has 0 heterocycles. The highest BCUT2D eigenvalue weighted by atomic mass is 16.5. The Morgan fingerprint density at radius 3 is 2.91 bits per heavy atom. The molecule has 1 rings (SSSR count). The molecule has 0 fully saturated rings. The molecule has 0 aliphatic carbocycles. The zero-order valence-corrected chi connectivity index (χ0v) is 6.29. The molecular weight excluding hydrogens is 138 g/mol. The number of hydrogen-bond acceptors (Lipinski definition) is 2. The van der Waals surface area contributed by atoms with Crippen LogP contribution in [0.2, 0.25) is 0 Å². The van der Waals surface area contributed by atoms with Crippen LogP contribution in [0.3, 0.4) is 0 Å². The fourth-order valence-electron chi connectivity index (χ4n) is 0.783. The third-order valence-corrected chi connectivity index (χ3v) is 1.31. The molecule has 0 saturated carbocycles. The van der Waals surface area contributed by atoms with E-state index in [1.165, 1.54) is 0 Å². The minimum absolute atomic E-state index is 0.560. The third-order valence-electron chi connectivity index (χ3n) is 1.31. The van der Waals surface area contributed by atoms with Crippen LogP contribution in [-0.4, -0.2) is 7.11 Å². The molecular formula is C9H8NO. The predicted molar refractivity (Wildman–Crippen MR) is 40.7 cm³/mol. The van der Waals surface area contributed by atoms with Crippen LogP contribution in [-0.2, 0) is 11.3 Å². The number of methoxy groups -OCH3 is 1. The molecule has 0 aliphatic rings. The molecule has 0 spiro atoms. The summed E-state index contributed by atoms with van der Waals surface area (Å²) < 4.78 is 4.90. The smallest absolute Gasteiger partial charge is 0.0998 e. The zero-order chi connectivity index (χ0) is 8.10. The highest BCUT2D eigenvalue weighted by Crippen LogP contribution is 2.02. The van der Waals surface area contributed by atoms with Crippen molar-refractivity contribution < 1.29 is 4.74 Å². The van der Waals surface area contributed by atoms with Crippen molar-refractivity contribution in [3.63, 3.8) is 0 Å². The van der Waals surface area contributed by atoms with Gasteiger partial charge in [0.15, 0.2) is 0 Å². The minimum atomic E-state index is 0.560. The molecule has 1 aromatic carbocycles. The lowest BCUT2D eigenvalue weighted by molar-refractivity contribution is 0.185. The molecule has 0 N–H and O–H groups in total. The molecule has 1 aromatic rings. The first kappa shape index (κ1) is 7.77. The second-order valence-electron chi connectivity index (χ2n) is 2.16. The lowest BCUT2D eigenvalue weighted by Gasteiger charge is -1.96. The highest BCUT2D eigenvalue weighted by molar-refractivity contribution is 5.29. The minimum Gasteiger partial charge on any atom is -0.380 e. The first-order valence-corrected chi connectivity index (χ1v) is 3.26. The Bertz CT molecular complexity index is 258. The first-order valence-electron chi connectivity index (χ1n) is 3.26. The van der Waals surface area contributed by atoms with Gasteiger partial charge in [-0.2, -0.15) is 5.26 Å². The molecule has 0 aliphatic heterocycles. The average Bonchev–Trinajstić information content (AvgIpc) is 2.07. The van der Waals surface area contributed by atoms with Crippen LogP contribution in [0, 0.1) is 17.4 Å². The van der Waals surface area contributed by atoms with Crippen molar-refractivity contribution >= 4 is 0 Å². The fourth-order valence-corrected chi connectivity index (χ4v) is 0.783. The van der Waals surface area contributed by atoms with Crippen LogP contribution in [0.15, 0.2) is 18.2 Å². The van der Waals surface area contributed by atoms with E-state index in [4.69, 9.17) is 10.00 Å². The summed E-state index contributed by atoms with van der Waals surface area (Å²) in [5.41, 5.74) is 1.59. The average molecular weight is 146 g/mol. The van der Waals surface area contributed by atoms with E-state index in [0.29, 0.717) is 12.2 Å². The van der Waals surface area contributed by atoms with Gasteiger partial charge in [-0.25, -0.2) is 0 Å². The van der Waals surface area contributed by atoms with Gasteiger partial charge in [0.1, 0.15) is 0 Å². The van der Waals surface area contributed by atoms with E-state index < -0.39 is 0 Å². The third kappa shape index (κ3) is 2.06. The Morgan fingerprint density at radius 2 is 2.45 bits per heavy atom. The van der Waals surface area contributed by atoms with Gasteiger partial charge in [0.25, 0.3) is 0 Å². The zero-order valence-electron chi connectivity index (χ0n) is 6.29. The van der Waals surface area contributed by atoms with E-state index in [2.05, 4.69) is 6.07 Å². The maximum Gasteiger partial charge on any atom is 0.0998 e. The lowest BCUT2D eigenvalue weighted by Crippen LogP contribution is -1.86. The van der Waals surface area contributed by atoms with E-state index in [1.807, 2.05) is 12.1 Å². The van der Waals surface area contributed by atoms with Gasteiger partial charge in [-0.3, -0.25) is 0 Å². The van der Waals surface area contributed by atoms with Gasteiger partial charge in [-0.1, -0.05) is 6.07 Å². The summed E-state index contributed by atoms with van der Waals surface area (Å²) in [4.78, 5) is 0. The largest absolute Gasteiger partial charge is 0.380 e. The van der Waals surface area contributed by atoms with Crippen LogP contribution < -0.4 is 0 Å². The fraction of sp³-hybridized carbons (Fsp3) is 0.222. The molecule has 0 amide bonds. The second-order valence-corrected chi connectivity index (χ2v) is 2.16. The monoisotopic (exact) mass is 146 g/mol. The molecule has 0 bridgehead atoms. The second kappa shape index (κ2) is 3.75. The Kier molecular flexibility index (Phi) is 2.65. The van der Waals surface area contributed by atoms with Crippen molar-refractivity contribution in [1.82, 2.24) is 0 Å². The molecule has 11 heavy (non-hydrogen) atoms. The summed E-state index contributed by atoms with van der Waals surface area (Å²) in [6, 6.07) is 10.2. The number of benzene rings is 1. The van der Waals surface area contributed by atoms with Crippen LogP contribution in [0.25, 0.3) is 0 Å². The van der Waals surface area contributed by atoms with Crippen molar-refractivity contribution in [2.24, 2.45) is 0 Å². The number of ether oxygens (including phenoxy) is 1. The molecule has 0 saturated heterocycles. The Hall–Kier alpha value is -1.33. The SMILES string of the molecule is COCc1c[c]c(C#N)cc1. The van der Waals surface area contributed by atoms with Gasteiger partial charge in [-0.15, -0.1) is 0 Å². The standard InChI is InChI=1S/C9H8NO/c1-11-7-9-4-2-8(6-10)3-5-9/h2,4-5H,7H2,1H3. The van der Waals surface area contributed by atoms with E-state index in [1.54, 1.807) is 19.2 Å².